The molecule has 1 aliphatic carbocycles. The van der Waals surface area contributed by atoms with Gasteiger partial charge in [-0.25, -0.2) is 0 Å². The van der Waals surface area contributed by atoms with Crippen molar-refractivity contribution in [2.75, 3.05) is 26.2 Å². The number of benzene rings is 2. The molecule has 2 aromatic rings. The summed E-state index contributed by atoms with van der Waals surface area (Å²) in [5, 5.41) is 0. The number of amides is 2. The van der Waals surface area contributed by atoms with Gasteiger partial charge in [-0.1, -0.05) is 60.7 Å². The predicted molar refractivity (Wildman–Crippen MR) is 119 cm³/mol. The van der Waals surface area contributed by atoms with E-state index in [-0.39, 0.29) is 17.7 Å². The first-order valence-electron chi connectivity index (χ1n) is 11.4. The average Bonchev–Trinajstić information content (AvgIpc) is 3.65. The van der Waals surface area contributed by atoms with Crippen molar-refractivity contribution in [3.8, 4) is 0 Å². The van der Waals surface area contributed by atoms with Crippen molar-refractivity contribution in [1.29, 1.82) is 0 Å². The molecule has 0 aromatic heterocycles. The lowest BCUT2D eigenvalue weighted by atomic mass is 9.94. The maximum atomic E-state index is 13.4. The third-order valence-corrected chi connectivity index (χ3v) is 6.42. The summed E-state index contributed by atoms with van der Waals surface area (Å²) in [5.41, 5.74) is 2.53. The Morgan fingerprint density at radius 2 is 1.23 bits per heavy atom. The lowest BCUT2D eigenvalue weighted by Crippen LogP contribution is -2.45. The first kappa shape index (κ1) is 20.6. The van der Waals surface area contributed by atoms with E-state index in [9.17, 15) is 9.59 Å². The molecule has 4 rings (SSSR count). The number of likely N-dealkylation sites (tertiary alicyclic amines) is 1. The Labute approximate surface area is 179 Å². The highest BCUT2D eigenvalue weighted by atomic mass is 16.2. The van der Waals surface area contributed by atoms with Crippen LogP contribution in [0.5, 0.6) is 0 Å². The standard InChI is InChI=1S/C26H32N2O2/c29-25(23-11-12-23)28-19-15-24(16-20-28)26(30)27(17-13-21-7-3-1-4-8-21)18-14-22-9-5-2-6-10-22/h1-10,23-24H,11-20H2. The van der Waals surface area contributed by atoms with Gasteiger partial charge in [0.1, 0.15) is 0 Å². The van der Waals surface area contributed by atoms with Crippen LogP contribution in [0.15, 0.2) is 60.7 Å². The summed E-state index contributed by atoms with van der Waals surface area (Å²) < 4.78 is 0. The highest BCUT2D eigenvalue weighted by molar-refractivity contribution is 5.82. The second kappa shape index (κ2) is 9.92. The van der Waals surface area contributed by atoms with E-state index < -0.39 is 0 Å². The molecule has 0 radical (unpaired) electrons. The summed E-state index contributed by atoms with van der Waals surface area (Å²) in [6, 6.07) is 20.8. The minimum atomic E-state index is 0.0415. The molecule has 4 heteroatoms. The maximum absolute atomic E-state index is 13.4. The SMILES string of the molecule is O=C(C1CCN(C(=O)C2CC2)CC1)N(CCc1ccccc1)CCc1ccccc1. The van der Waals surface area contributed by atoms with Crippen LogP contribution in [0.4, 0.5) is 0 Å². The molecule has 0 N–H and O–H groups in total. The molecule has 1 heterocycles. The summed E-state index contributed by atoms with van der Waals surface area (Å²) in [6.07, 6.45) is 5.44. The molecule has 1 saturated carbocycles. The van der Waals surface area contributed by atoms with E-state index in [0.29, 0.717) is 5.91 Å². The van der Waals surface area contributed by atoms with Gasteiger partial charge in [0, 0.05) is 38.0 Å². The van der Waals surface area contributed by atoms with Gasteiger partial charge < -0.3 is 9.80 Å². The molecule has 2 aromatic carbocycles. The van der Waals surface area contributed by atoms with Gasteiger partial charge >= 0.3 is 0 Å². The summed E-state index contributed by atoms with van der Waals surface area (Å²) in [6.45, 7) is 2.96. The quantitative estimate of drug-likeness (QED) is 0.668. The monoisotopic (exact) mass is 404 g/mol. The van der Waals surface area contributed by atoms with Crippen molar-refractivity contribution < 1.29 is 9.59 Å². The molecule has 30 heavy (non-hydrogen) atoms. The third-order valence-electron chi connectivity index (χ3n) is 6.42. The lowest BCUT2D eigenvalue weighted by molar-refractivity contribution is -0.141. The maximum Gasteiger partial charge on any atom is 0.225 e. The Bertz CT molecular complexity index is 781. The number of hydrogen-bond acceptors (Lipinski definition) is 2. The van der Waals surface area contributed by atoms with Gasteiger partial charge in [-0.05, 0) is 49.7 Å². The fraction of sp³-hybridized carbons (Fsp3) is 0.462. The van der Waals surface area contributed by atoms with Gasteiger partial charge in [-0.3, -0.25) is 9.59 Å². The number of rotatable bonds is 8. The Hall–Kier alpha value is -2.62. The largest absolute Gasteiger partial charge is 0.342 e. The Morgan fingerprint density at radius 1 is 0.733 bits per heavy atom. The van der Waals surface area contributed by atoms with E-state index in [0.717, 1.165) is 64.7 Å². The van der Waals surface area contributed by atoms with E-state index in [2.05, 4.69) is 53.4 Å². The van der Waals surface area contributed by atoms with E-state index in [1.165, 1.54) is 11.1 Å². The second-order valence-electron chi connectivity index (χ2n) is 8.67. The van der Waals surface area contributed by atoms with Gasteiger partial charge in [0.25, 0.3) is 0 Å². The first-order valence-corrected chi connectivity index (χ1v) is 11.4. The molecule has 1 saturated heterocycles. The minimum absolute atomic E-state index is 0.0415. The molecule has 0 spiro atoms. The van der Waals surface area contributed by atoms with E-state index in [1.807, 2.05) is 17.0 Å². The molecular formula is C26H32N2O2. The zero-order valence-corrected chi connectivity index (χ0v) is 17.7. The van der Waals surface area contributed by atoms with E-state index in [4.69, 9.17) is 0 Å². The molecule has 0 atom stereocenters. The fourth-order valence-corrected chi connectivity index (χ4v) is 4.34. The molecule has 1 aliphatic heterocycles. The van der Waals surface area contributed by atoms with Crippen molar-refractivity contribution in [2.24, 2.45) is 11.8 Å². The lowest BCUT2D eigenvalue weighted by Gasteiger charge is -2.34. The van der Waals surface area contributed by atoms with Gasteiger partial charge in [0.15, 0.2) is 0 Å². The van der Waals surface area contributed by atoms with Crippen molar-refractivity contribution in [1.82, 2.24) is 9.80 Å². The van der Waals surface area contributed by atoms with Gasteiger partial charge in [-0.2, -0.15) is 0 Å². The summed E-state index contributed by atoms with van der Waals surface area (Å²) in [5.74, 6) is 0.886. The van der Waals surface area contributed by atoms with Gasteiger partial charge in [-0.15, -0.1) is 0 Å². The molecular weight excluding hydrogens is 372 g/mol. The van der Waals surface area contributed by atoms with Crippen LogP contribution < -0.4 is 0 Å². The highest BCUT2D eigenvalue weighted by Crippen LogP contribution is 2.32. The van der Waals surface area contributed by atoms with Crippen LogP contribution in [0.2, 0.25) is 0 Å². The van der Waals surface area contributed by atoms with Gasteiger partial charge in [0.05, 0.1) is 0 Å². The Kier molecular flexibility index (Phi) is 6.83. The second-order valence-corrected chi connectivity index (χ2v) is 8.67. The number of carbonyl (C=O) groups is 2. The number of nitrogens with zero attached hydrogens (tertiary/aromatic N) is 2. The molecule has 0 bridgehead atoms. The van der Waals surface area contributed by atoms with E-state index >= 15 is 0 Å². The molecule has 158 valence electrons. The average molecular weight is 405 g/mol. The topological polar surface area (TPSA) is 40.6 Å². The zero-order valence-electron chi connectivity index (χ0n) is 17.7. The van der Waals surface area contributed by atoms with E-state index in [1.54, 1.807) is 0 Å². The van der Waals surface area contributed by atoms with Gasteiger partial charge in [0.2, 0.25) is 11.8 Å². The number of carbonyl (C=O) groups excluding carboxylic acids is 2. The summed E-state index contributed by atoms with van der Waals surface area (Å²) in [7, 11) is 0. The Morgan fingerprint density at radius 3 is 1.70 bits per heavy atom. The van der Waals surface area contributed by atoms with Crippen LogP contribution in [0.25, 0.3) is 0 Å². The predicted octanol–water partition coefficient (Wildman–Crippen LogP) is 3.95. The number of piperidine rings is 1. The zero-order chi connectivity index (χ0) is 20.8. The fourth-order valence-electron chi connectivity index (χ4n) is 4.34. The van der Waals surface area contributed by atoms with Crippen LogP contribution in [-0.2, 0) is 22.4 Å². The molecule has 2 amide bonds. The van der Waals surface area contributed by atoms with Crippen molar-refractivity contribution in [2.45, 2.75) is 38.5 Å². The molecule has 0 unspecified atom stereocenters. The molecule has 4 nitrogen and oxygen atoms in total. The third kappa shape index (κ3) is 5.50. The summed E-state index contributed by atoms with van der Waals surface area (Å²) in [4.78, 5) is 29.8. The smallest absolute Gasteiger partial charge is 0.225 e. The van der Waals surface area contributed by atoms with Crippen LogP contribution in [0.1, 0.15) is 36.8 Å². The van der Waals surface area contributed by atoms with Crippen LogP contribution >= 0.6 is 0 Å². The minimum Gasteiger partial charge on any atom is -0.342 e. The Balaban J connectivity index is 1.36. The van der Waals surface area contributed by atoms with Crippen LogP contribution in [0.3, 0.4) is 0 Å². The highest BCUT2D eigenvalue weighted by Gasteiger charge is 2.36. The van der Waals surface area contributed by atoms with Crippen molar-refractivity contribution >= 4 is 11.8 Å². The molecule has 2 fully saturated rings. The normalized spacial score (nSPS) is 17.0. The van der Waals surface area contributed by atoms with Crippen LogP contribution in [0, 0.1) is 11.8 Å². The van der Waals surface area contributed by atoms with Crippen molar-refractivity contribution in [3.05, 3.63) is 71.8 Å². The van der Waals surface area contributed by atoms with Crippen molar-refractivity contribution in [3.63, 3.8) is 0 Å². The summed E-state index contributed by atoms with van der Waals surface area (Å²) >= 11 is 0. The molecule has 2 aliphatic rings. The first-order chi connectivity index (χ1) is 14.7. The number of hydrogen-bond donors (Lipinski definition) is 0. The van der Waals surface area contributed by atoms with Crippen LogP contribution in [-0.4, -0.2) is 47.8 Å².